The molecule has 1 atom stereocenters. The van der Waals surface area contributed by atoms with Crippen LogP contribution in [0.2, 0.25) is 0 Å². The SMILES string of the molecule is Cc1cc(C)c(-n2c(-c3cccc4c3oc3cccc(-c5cc(F)cc(P)c5)c34)nc3ccccc32)c(C)c1. The van der Waals surface area contributed by atoms with E-state index in [9.17, 15) is 4.39 Å². The minimum atomic E-state index is -0.263. The fourth-order valence-electron chi connectivity index (χ4n) is 5.99. The van der Waals surface area contributed by atoms with Crippen molar-refractivity contribution in [3.8, 4) is 28.2 Å². The molecule has 190 valence electrons. The summed E-state index contributed by atoms with van der Waals surface area (Å²) in [6.45, 7) is 6.44. The smallest absolute Gasteiger partial charge is 0.149 e. The summed E-state index contributed by atoms with van der Waals surface area (Å²) >= 11 is 0. The molecule has 0 fully saturated rings. The fraction of sp³-hybridized carbons (Fsp3) is 0.0882. The molecular weight excluding hydrogens is 502 g/mol. The van der Waals surface area contributed by atoms with Crippen LogP contribution in [-0.4, -0.2) is 9.55 Å². The van der Waals surface area contributed by atoms with E-state index in [0.29, 0.717) is 0 Å². The monoisotopic (exact) mass is 528 g/mol. The van der Waals surface area contributed by atoms with Crippen LogP contribution < -0.4 is 5.30 Å². The van der Waals surface area contributed by atoms with Gasteiger partial charge in [0.2, 0.25) is 0 Å². The van der Waals surface area contributed by atoms with Crippen LogP contribution >= 0.6 is 9.24 Å². The highest BCUT2D eigenvalue weighted by molar-refractivity contribution is 7.27. The number of hydrogen-bond donors (Lipinski definition) is 0. The highest BCUT2D eigenvalue weighted by Gasteiger charge is 2.22. The fourth-order valence-corrected chi connectivity index (χ4v) is 6.33. The van der Waals surface area contributed by atoms with Crippen molar-refractivity contribution in [1.82, 2.24) is 9.55 Å². The lowest BCUT2D eigenvalue weighted by Crippen LogP contribution is -2.03. The summed E-state index contributed by atoms with van der Waals surface area (Å²) in [6.07, 6.45) is 0. The van der Waals surface area contributed by atoms with Gasteiger partial charge in [-0.25, -0.2) is 9.37 Å². The Morgan fingerprint density at radius 2 is 1.54 bits per heavy atom. The van der Waals surface area contributed by atoms with Gasteiger partial charge in [0.15, 0.2) is 0 Å². The largest absolute Gasteiger partial charge is 0.455 e. The molecule has 0 spiro atoms. The van der Waals surface area contributed by atoms with Crippen molar-refractivity contribution in [2.75, 3.05) is 0 Å². The zero-order valence-electron chi connectivity index (χ0n) is 21.9. The average Bonchev–Trinajstić information content (AvgIpc) is 3.46. The van der Waals surface area contributed by atoms with E-state index in [1.54, 1.807) is 6.07 Å². The molecule has 2 heterocycles. The van der Waals surface area contributed by atoms with E-state index >= 15 is 0 Å². The molecule has 0 aliphatic carbocycles. The van der Waals surface area contributed by atoms with Gasteiger partial charge in [0.25, 0.3) is 0 Å². The maximum Gasteiger partial charge on any atom is 0.149 e. The average molecular weight is 529 g/mol. The van der Waals surface area contributed by atoms with E-state index in [4.69, 9.17) is 9.40 Å². The van der Waals surface area contributed by atoms with Crippen molar-refractivity contribution in [1.29, 1.82) is 0 Å². The third-order valence-corrected chi connectivity index (χ3v) is 7.75. The molecule has 7 rings (SSSR count). The van der Waals surface area contributed by atoms with Crippen LogP contribution in [0, 0.1) is 26.6 Å². The quantitative estimate of drug-likeness (QED) is 0.215. The number of imidazole rings is 1. The van der Waals surface area contributed by atoms with E-state index in [0.717, 1.165) is 66.5 Å². The maximum absolute atomic E-state index is 14.4. The Balaban J connectivity index is 1.56. The van der Waals surface area contributed by atoms with E-state index in [2.05, 4.69) is 83.1 Å². The standard InChI is InChI=1S/C34H26FN2OP/c1-19-14-20(2)32(21(3)15-19)37-29-12-5-4-11-28(29)36-34(37)27-10-6-9-26-31-25(8-7-13-30(31)38-33(26)27)22-16-23(35)18-24(39)17-22/h4-18H,39H2,1-3H3. The Labute approximate surface area is 228 Å². The summed E-state index contributed by atoms with van der Waals surface area (Å²) in [4.78, 5) is 5.14. The lowest BCUT2D eigenvalue weighted by Gasteiger charge is -2.16. The first-order valence-electron chi connectivity index (χ1n) is 13.0. The van der Waals surface area contributed by atoms with Crippen LogP contribution in [0.3, 0.4) is 0 Å². The van der Waals surface area contributed by atoms with Gasteiger partial charge in [-0.15, -0.1) is 9.24 Å². The van der Waals surface area contributed by atoms with Crippen LogP contribution in [0.5, 0.6) is 0 Å². The number of furan rings is 1. The molecule has 0 aliphatic rings. The van der Waals surface area contributed by atoms with Crippen LogP contribution in [0.25, 0.3) is 61.2 Å². The number of fused-ring (bicyclic) bond motifs is 4. The first kappa shape index (κ1) is 23.8. The molecule has 2 aromatic heterocycles. The van der Waals surface area contributed by atoms with Gasteiger partial charge >= 0.3 is 0 Å². The Hall–Kier alpha value is -4.27. The molecule has 0 saturated heterocycles. The Morgan fingerprint density at radius 3 is 2.33 bits per heavy atom. The molecule has 0 aliphatic heterocycles. The van der Waals surface area contributed by atoms with Crippen molar-refractivity contribution in [3.05, 3.63) is 114 Å². The number of aromatic nitrogens is 2. The van der Waals surface area contributed by atoms with Gasteiger partial charge in [-0.2, -0.15) is 0 Å². The van der Waals surface area contributed by atoms with Gasteiger partial charge in [-0.3, -0.25) is 4.57 Å². The van der Waals surface area contributed by atoms with Gasteiger partial charge in [-0.1, -0.05) is 54.1 Å². The summed E-state index contributed by atoms with van der Waals surface area (Å²) in [6, 6.07) is 29.9. The molecule has 0 bridgehead atoms. The number of benzene rings is 5. The van der Waals surface area contributed by atoms with Gasteiger partial charge in [0, 0.05) is 10.8 Å². The molecule has 7 aromatic rings. The predicted molar refractivity (Wildman–Crippen MR) is 163 cm³/mol. The molecule has 5 aromatic carbocycles. The lowest BCUT2D eigenvalue weighted by atomic mass is 9.98. The molecule has 39 heavy (non-hydrogen) atoms. The van der Waals surface area contributed by atoms with Gasteiger partial charge in [0.1, 0.15) is 22.8 Å². The zero-order valence-corrected chi connectivity index (χ0v) is 23.1. The van der Waals surface area contributed by atoms with Gasteiger partial charge < -0.3 is 4.42 Å². The lowest BCUT2D eigenvalue weighted by molar-refractivity contribution is 0.629. The molecular formula is C34H26FN2OP. The molecule has 3 nitrogen and oxygen atoms in total. The molecule has 0 radical (unpaired) electrons. The normalized spacial score (nSPS) is 11.7. The third kappa shape index (κ3) is 3.78. The number of nitrogens with zero attached hydrogens (tertiary/aromatic N) is 2. The number of hydrogen-bond acceptors (Lipinski definition) is 2. The van der Waals surface area contributed by atoms with Gasteiger partial charge in [-0.05, 0) is 90.8 Å². The maximum atomic E-state index is 14.4. The summed E-state index contributed by atoms with van der Waals surface area (Å²) < 4.78 is 23.2. The van der Waals surface area contributed by atoms with Crippen LogP contribution in [0.1, 0.15) is 16.7 Å². The number of para-hydroxylation sites is 3. The highest BCUT2D eigenvalue weighted by Crippen LogP contribution is 2.42. The minimum absolute atomic E-state index is 0.263. The summed E-state index contributed by atoms with van der Waals surface area (Å²) in [5.41, 5.74) is 10.9. The minimum Gasteiger partial charge on any atom is -0.455 e. The number of halogens is 1. The molecule has 5 heteroatoms. The first-order valence-corrected chi connectivity index (χ1v) is 13.5. The Kier molecular flexibility index (Phi) is 5.43. The topological polar surface area (TPSA) is 31.0 Å². The van der Waals surface area contributed by atoms with Gasteiger partial charge in [0.05, 0.1) is 22.3 Å². The molecule has 0 saturated carbocycles. The van der Waals surface area contributed by atoms with Crippen molar-refractivity contribution in [2.45, 2.75) is 20.8 Å². The second kappa shape index (κ2) is 8.90. The van der Waals surface area contributed by atoms with Crippen LogP contribution in [0.4, 0.5) is 4.39 Å². The zero-order chi connectivity index (χ0) is 26.8. The van der Waals surface area contributed by atoms with Crippen molar-refractivity contribution in [2.24, 2.45) is 0 Å². The van der Waals surface area contributed by atoms with E-state index in [1.165, 1.54) is 22.8 Å². The second-order valence-electron chi connectivity index (χ2n) is 10.2. The van der Waals surface area contributed by atoms with Crippen LogP contribution in [-0.2, 0) is 0 Å². The van der Waals surface area contributed by atoms with E-state index in [-0.39, 0.29) is 5.82 Å². The summed E-state index contributed by atoms with van der Waals surface area (Å²) in [5.74, 6) is 0.566. The Morgan fingerprint density at radius 1 is 0.795 bits per heavy atom. The highest BCUT2D eigenvalue weighted by atomic mass is 31.0. The third-order valence-electron chi connectivity index (χ3n) is 7.41. The summed E-state index contributed by atoms with van der Waals surface area (Å²) in [7, 11) is 2.59. The summed E-state index contributed by atoms with van der Waals surface area (Å²) in [5, 5.41) is 2.74. The number of aryl methyl sites for hydroxylation is 3. The second-order valence-corrected chi connectivity index (χ2v) is 10.9. The molecule has 0 amide bonds. The van der Waals surface area contributed by atoms with E-state index in [1.807, 2.05) is 30.3 Å². The van der Waals surface area contributed by atoms with Crippen molar-refractivity contribution in [3.63, 3.8) is 0 Å². The predicted octanol–water partition coefficient (Wildman–Crippen LogP) is 8.82. The Bertz CT molecular complexity index is 2040. The van der Waals surface area contributed by atoms with Crippen molar-refractivity contribution < 1.29 is 8.81 Å². The van der Waals surface area contributed by atoms with E-state index < -0.39 is 0 Å². The molecule has 1 unspecified atom stereocenters. The molecule has 0 N–H and O–H groups in total. The van der Waals surface area contributed by atoms with Crippen molar-refractivity contribution >= 4 is 47.5 Å². The van der Waals surface area contributed by atoms with Crippen LogP contribution in [0.15, 0.2) is 95.4 Å². The first-order chi connectivity index (χ1) is 18.9. The number of rotatable bonds is 3.